The Labute approximate surface area is 89.1 Å². The maximum atomic E-state index is 12.1. The van der Waals surface area contributed by atoms with Crippen LogP contribution in [-0.2, 0) is 4.74 Å². The first-order valence-electron chi connectivity index (χ1n) is 5.13. The molecule has 0 aliphatic carbocycles. The van der Waals surface area contributed by atoms with Gasteiger partial charge in [0, 0.05) is 0 Å². The number of carbonyl (C=O) groups excluding carboxylic acids is 1. The lowest BCUT2D eigenvalue weighted by Crippen LogP contribution is -2.56. The van der Waals surface area contributed by atoms with E-state index in [1.807, 2.05) is 30.0 Å². The number of pyridine rings is 1. The second-order valence-corrected chi connectivity index (χ2v) is 3.59. The van der Waals surface area contributed by atoms with Crippen molar-refractivity contribution in [2.45, 2.75) is 6.92 Å². The van der Waals surface area contributed by atoms with E-state index in [2.05, 4.69) is 0 Å². The van der Waals surface area contributed by atoms with Crippen molar-refractivity contribution < 1.29 is 14.1 Å². The minimum Gasteiger partial charge on any atom is -0.373 e. The van der Waals surface area contributed by atoms with E-state index in [0.29, 0.717) is 26.3 Å². The Bertz CT molecular complexity index is 359. The van der Waals surface area contributed by atoms with Crippen LogP contribution in [0.25, 0.3) is 0 Å². The zero-order chi connectivity index (χ0) is 10.7. The lowest BCUT2D eigenvalue weighted by Gasteiger charge is -2.20. The summed E-state index contributed by atoms with van der Waals surface area (Å²) < 4.78 is 6.88. The molecule has 1 fully saturated rings. The molecule has 4 nitrogen and oxygen atoms in total. The molecule has 0 atom stereocenters. The molecule has 0 bridgehead atoms. The molecule has 0 unspecified atom stereocenters. The molecule has 15 heavy (non-hydrogen) atoms. The number of aromatic nitrogens is 1. The van der Waals surface area contributed by atoms with Gasteiger partial charge in [0.05, 0.1) is 19.4 Å². The molecule has 0 spiro atoms. The monoisotopic (exact) mass is 207 g/mol. The Morgan fingerprint density at radius 3 is 2.80 bits per heavy atom. The lowest BCUT2D eigenvalue weighted by molar-refractivity contribution is -0.585. The molecule has 0 saturated carbocycles. The number of nitrogens with zero attached hydrogens (tertiary/aromatic N) is 2. The maximum absolute atomic E-state index is 12.1. The smallest absolute Gasteiger partial charge is 0.373 e. The molecular formula is C11H15N2O2+. The third-order valence-electron chi connectivity index (χ3n) is 2.55. The van der Waals surface area contributed by atoms with Crippen molar-refractivity contribution >= 4 is 6.03 Å². The summed E-state index contributed by atoms with van der Waals surface area (Å²) in [6.07, 6.45) is 1.80. The van der Waals surface area contributed by atoms with Crippen molar-refractivity contribution in [3.05, 3.63) is 30.1 Å². The summed E-state index contributed by atoms with van der Waals surface area (Å²) in [7, 11) is 0. The molecule has 1 aliphatic heterocycles. The summed E-state index contributed by atoms with van der Waals surface area (Å²) in [5.74, 6) is 0. The van der Waals surface area contributed by atoms with E-state index in [-0.39, 0.29) is 6.03 Å². The predicted octanol–water partition coefficient (Wildman–Crippen LogP) is 0.583. The first-order chi connectivity index (χ1) is 7.29. The summed E-state index contributed by atoms with van der Waals surface area (Å²) in [6.45, 7) is 4.56. The standard InChI is InChI=1S/C11H15N2O2/c1-10-4-2-3-5-13(10)11(14)12-6-8-15-9-7-12/h2-5H,6-9H2,1H3/q+1. The second-order valence-electron chi connectivity index (χ2n) is 3.59. The fourth-order valence-electron chi connectivity index (χ4n) is 1.65. The Hall–Kier alpha value is -1.42. The number of aryl methyl sites for hydroxylation is 1. The van der Waals surface area contributed by atoms with Crippen LogP contribution in [0.2, 0.25) is 0 Å². The summed E-state index contributed by atoms with van der Waals surface area (Å²) >= 11 is 0. The van der Waals surface area contributed by atoms with Gasteiger partial charge in [-0.2, -0.15) is 9.36 Å². The van der Waals surface area contributed by atoms with E-state index in [1.165, 1.54) is 0 Å². The number of carbonyl (C=O) groups is 1. The van der Waals surface area contributed by atoms with E-state index in [4.69, 9.17) is 4.74 Å². The average Bonchev–Trinajstić information content (AvgIpc) is 2.30. The summed E-state index contributed by atoms with van der Waals surface area (Å²) in [5, 5.41) is 0. The largest absolute Gasteiger partial charge is 0.498 e. The van der Waals surface area contributed by atoms with E-state index in [0.717, 1.165) is 5.69 Å². The van der Waals surface area contributed by atoms with E-state index >= 15 is 0 Å². The molecule has 1 saturated heterocycles. The Morgan fingerprint density at radius 1 is 1.40 bits per heavy atom. The summed E-state index contributed by atoms with van der Waals surface area (Å²) in [6, 6.07) is 5.76. The Kier molecular flexibility index (Phi) is 2.97. The van der Waals surface area contributed by atoms with Crippen molar-refractivity contribution in [3.63, 3.8) is 0 Å². The van der Waals surface area contributed by atoms with Crippen LogP contribution in [0.5, 0.6) is 0 Å². The molecule has 0 radical (unpaired) electrons. The number of ether oxygens (including phenoxy) is 1. The third-order valence-corrected chi connectivity index (χ3v) is 2.55. The van der Waals surface area contributed by atoms with Crippen LogP contribution in [0.15, 0.2) is 24.4 Å². The van der Waals surface area contributed by atoms with Gasteiger partial charge in [-0.15, -0.1) is 0 Å². The SMILES string of the molecule is Cc1cccc[n+]1C(=O)N1CCOCC1. The fraction of sp³-hybridized carbons (Fsp3) is 0.455. The zero-order valence-corrected chi connectivity index (χ0v) is 8.85. The summed E-state index contributed by atoms with van der Waals surface area (Å²) in [4.78, 5) is 13.9. The topological polar surface area (TPSA) is 33.4 Å². The zero-order valence-electron chi connectivity index (χ0n) is 8.85. The molecule has 1 aliphatic rings. The molecule has 2 rings (SSSR count). The highest BCUT2D eigenvalue weighted by atomic mass is 16.5. The summed E-state index contributed by atoms with van der Waals surface area (Å²) in [5.41, 5.74) is 0.953. The maximum Gasteiger partial charge on any atom is 0.498 e. The minimum atomic E-state index is 0.0383. The minimum absolute atomic E-state index is 0.0383. The molecule has 0 N–H and O–H groups in total. The molecule has 1 aromatic rings. The molecule has 80 valence electrons. The van der Waals surface area contributed by atoms with Gasteiger partial charge in [0.15, 0.2) is 0 Å². The fourth-order valence-corrected chi connectivity index (χ4v) is 1.65. The molecule has 4 heteroatoms. The highest BCUT2D eigenvalue weighted by molar-refractivity contribution is 5.65. The van der Waals surface area contributed by atoms with Gasteiger partial charge in [0.25, 0.3) is 0 Å². The van der Waals surface area contributed by atoms with Gasteiger partial charge in [0.2, 0.25) is 0 Å². The van der Waals surface area contributed by atoms with Crippen LogP contribution in [-0.4, -0.2) is 37.2 Å². The van der Waals surface area contributed by atoms with Gasteiger partial charge in [-0.3, -0.25) is 0 Å². The van der Waals surface area contributed by atoms with Gasteiger partial charge in [0.1, 0.15) is 18.8 Å². The van der Waals surface area contributed by atoms with Crippen LogP contribution in [0.3, 0.4) is 0 Å². The predicted molar refractivity (Wildman–Crippen MR) is 54.6 cm³/mol. The third kappa shape index (κ3) is 2.15. The number of hydrogen-bond donors (Lipinski definition) is 0. The van der Waals surface area contributed by atoms with Gasteiger partial charge < -0.3 is 4.74 Å². The number of amides is 1. The first-order valence-corrected chi connectivity index (χ1v) is 5.13. The average molecular weight is 207 g/mol. The number of morpholine rings is 1. The molecule has 0 aromatic carbocycles. The van der Waals surface area contributed by atoms with E-state index in [9.17, 15) is 4.79 Å². The van der Waals surface area contributed by atoms with Crippen molar-refractivity contribution in [2.75, 3.05) is 26.3 Å². The Balaban J connectivity index is 2.16. The Morgan fingerprint density at radius 2 is 2.13 bits per heavy atom. The van der Waals surface area contributed by atoms with Gasteiger partial charge >= 0.3 is 6.03 Å². The number of rotatable bonds is 0. The van der Waals surface area contributed by atoms with Crippen molar-refractivity contribution in [1.29, 1.82) is 0 Å². The van der Waals surface area contributed by atoms with Gasteiger partial charge in [-0.1, -0.05) is 6.07 Å². The second kappa shape index (κ2) is 4.40. The molecule has 2 heterocycles. The van der Waals surface area contributed by atoms with Gasteiger partial charge in [-0.05, 0) is 19.1 Å². The van der Waals surface area contributed by atoms with Crippen LogP contribution >= 0.6 is 0 Å². The van der Waals surface area contributed by atoms with Crippen molar-refractivity contribution in [2.24, 2.45) is 0 Å². The van der Waals surface area contributed by atoms with Gasteiger partial charge in [-0.25, -0.2) is 4.90 Å². The molecule has 1 amide bonds. The quantitative estimate of drug-likeness (QED) is 0.583. The van der Waals surface area contributed by atoms with Crippen LogP contribution in [0.1, 0.15) is 5.69 Å². The van der Waals surface area contributed by atoms with Crippen molar-refractivity contribution in [3.8, 4) is 0 Å². The van der Waals surface area contributed by atoms with E-state index < -0.39 is 0 Å². The van der Waals surface area contributed by atoms with Crippen LogP contribution in [0, 0.1) is 6.92 Å². The first kappa shape index (κ1) is 10.1. The van der Waals surface area contributed by atoms with Crippen LogP contribution < -0.4 is 4.57 Å². The van der Waals surface area contributed by atoms with Crippen LogP contribution in [0.4, 0.5) is 4.79 Å². The number of hydrogen-bond acceptors (Lipinski definition) is 2. The van der Waals surface area contributed by atoms with E-state index in [1.54, 1.807) is 10.8 Å². The molecule has 1 aromatic heterocycles. The highest BCUT2D eigenvalue weighted by Gasteiger charge is 2.27. The highest BCUT2D eigenvalue weighted by Crippen LogP contribution is 1.98. The lowest BCUT2D eigenvalue weighted by atomic mass is 10.3. The van der Waals surface area contributed by atoms with Crippen molar-refractivity contribution in [1.82, 2.24) is 4.90 Å². The molecular weight excluding hydrogens is 192 g/mol. The normalized spacial score (nSPS) is 16.5.